The smallest absolute Gasteiger partial charge is 0.229 e. The van der Waals surface area contributed by atoms with E-state index in [-0.39, 0.29) is 6.61 Å². The van der Waals surface area contributed by atoms with E-state index in [1.54, 1.807) is 19.2 Å². The number of anilines is 3. The maximum atomic E-state index is 10.1. The van der Waals surface area contributed by atoms with Gasteiger partial charge in [-0.15, -0.1) is 0 Å². The molecule has 0 unspecified atom stereocenters. The zero-order valence-electron chi connectivity index (χ0n) is 16.6. The summed E-state index contributed by atoms with van der Waals surface area (Å²) < 4.78 is 11.1. The minimum absolute atomic E-state index is 0.176. The maximum Gasteiger partial charge on any atom is 0.229 e. The molecular weight excluding hydrogens is 346 g/mol. The first kappa shape index (κ1) is 20.7. The summed E-state index contributed by atoms with van der Waals surface area (Å²) >= 11 is 0. The summed E-state index contributed by atoms with van der Waals surface area (Å²) in [7, 11) is 5.35. The summed E-state index contributed by atoms with van der Waals surface area (Å²) in [6, 6.07) is 7.33. The highest BCUT2D eigenvalue weighted by Gasteiger charge is 2.12. The molecule has 0 aliphatic heterocycles. The lowest BCUT2D eigenvalue weighted by Gasteiger charge is -2.20. The largest absolute Gasteiger partial charge is 0.493 e. The molecule has 1 heterocycles. The van der Waals surface area contributed by atoms with E-state index in [1.165, 1.54) is 0 Å². The van der Waals surface area contributed by atoms with Crippen molar-refractivity contribution in [3.05, 3.63) is 30.0 Å². The number of hydrogen-bond acceptors (Lipinski definition) is 8. The number of hydrogen-bond donors (Lipinski definition) is 3. The molecular formula is C19H29N5O3. The molecule has 8 nitrogen and oxygen atoms in total. The van der Waals surface area contributed by atoms with Crippen LogP contribution in [-0.2, 0) is 0 Å². The third-order valence-electron chi connectivity index (χ3n) is 4.02. The SMILES string of the molecule is CCN(C)C[C@@H](O)COc1cc(Nc2nc(C)cc(NC)n2)ccc1OC. The Hall–Kier alpha value is -2.58. The van der Waals surface area contributed by atoms with Crippen LogP contribution >= 0.6 is 0 Å². The summed E-state index contributed by atoms with van der Waals surface area (Å²) in [4.78, 5) is 10.8. The van der Waals surface area contributed by atoms with Crippen molar-refractivity contribution < 1.29 is 14.6 Å². The van der Waals surface area contributed by atoms with E-state index in [0.717, 1.165) is 23.7 Å². The molecule has 1 aromatic carbocycles. The van der Waals surface area contributed by atoms with E-state index < -0.39 is 6.10 Å². The first-order chi connectivity index (χ1) is 12.9. The number of aromatic nitrogens is 2. The number of aliphatic hydroxyl groups is 1. The number of benzene rings is 1. The average Bonchev–Trinajstić information content (AvgIpc) is 2.65. The Bertz CT molecular complexity index is 741. The molecule has 148 valence electrons. The number of ether oxygens (including phenoxy) is 2. The zero-order valence-corrected chi connectivity index (χ0v) is 16.6. The molecule has 8 heteroatoms. The van der Waals surface area contributed by atoms with Gasteiger partial charge in [-0.2, -0.15) is 4.98 Å². The normalized spacial score (nSPS) is 12.0. The lowest BCUT2D eigenvalue weighted by atomic mass is 10.2. The first-order valence-electron chi connectivity index (χ1n) is 8.93. The van der Waals surface area contributed by atoms with Crippen molar-refractivity contribution in [3.63, 3.8) is 0 Å². The van der Waals surface area contributed by atoms with Gasteiger partial charge in [0.1, 0.15) is 18.5 Å². The molecule has 27 heavy (non-hydrogen) atoms. The highest BCUT2D eigenvalue weighted by molar-refractivity contribution is 5.60. The molecule has 0 radical (unpaired) electrons. The predicted molar refractivity (Wildman–Crippen MR) is 107 cm³/mol. The summed E-state index contributed by atoms with van der Waals surface area (Å²) in [6.07, 6.45) is -0.588. The van der Waals surface area contributed by atoms with E-state index >= 15 is 0 Å². The van der Waals surface area contributed by atoms with Crippen LogP contribution in [0, 0.1) is 6.92 Å². The number of nitrogens with zero attached hydrogens (tertiary/aromatic N) is 3. The van der Waals surface area contributed by atoms with Crippen molar-refractivity contribution in [2.75, 3.05) is 51.5 Å². The van der Waals surface area contributed by atoms with E-state index in [2.05, 4.69) is 20.6 Å². The third-order valence-corrected chi connectivity index (χ3v) is 4.02. The summed E-state index contributed by atoms with van der Waals surface area (Å²) in [6.45, 7) is 5.53. The van der Waals surface area contributed by atoms with Crippen molar-refractivity contribution in [1.29, 1.82) is 0 Å². The van der Waals surface area contributed by atoms with Crippen LogP contribution in [0.2, 0.25) is 0 Å². The minimum atomic E-state index is -0.588. The zero-order chi connectivity index (χ0) is 19.8. The first-order valence-corrected chi connectivity index (χ1v) is 8.93. The van der Waals surface area contributed by atoms with Crippen molar-refractivity contribution in [1.82, 2.24) is 14.9 Å². The number of methoxy groups -OCH3 is 1. The van der Waals surface area contributed by atoms with E-state index in [0.29, 0.717) is 24.0 Å². The molecule has 1 aromatic heterocycles. The van der Waals surface area contributed by atoms with Gasteiger partial charge in [0, 0.05) is 37.1 Å². The van der Waals surface area contributed by atoms with Gasteiger partial charge in [0.25, 0.3) is 0 Å². The highest BCUT2D eigenvalue weighted by Crippen LogP contribution is 2.31. The van der Waals surface area contributed by atoms with Gasteiger partial charge in [0.05, 0.1) is 7.11 Å². The fourth-order valence-electron chi connectivity index (χ4n) is 2.48. The topological polar surface area (TPSA) is 91.8 Å². The molecule has 2 rings (SSSR count). The van der Waals surface area contributed by atoms with Gasteiger partial charge in [0.2, 0.25) is 5.95 Å². The standard InChI is InChI=1S/C19H29N5O3/c1-6-24(4)11-15(25)12-27-17-10-14(7-8-16(17)26-5)22-19-21-13(2)9-18(20-3)23-19/h7-10,15,25H,6,11-12H2,1-5H3,(H2,20,21,22,23)/t15-/m1/s1. The summed E-state index contributed by atoms with van der Waals surface area (Å²) in [5.74, 6) is 2.36. The number of likely N-dealkylation sites (N-methyl/N-ethyl adjacent to an activating group) is 1. The lowest BCUT2D eigenvalue weighted by Crippen LogP contribution is -2.32. The second kappa shape index (κ2) is 9.94. The lowest BCUT2D eigenvalue weighted by molar-refractivity contribution is 0.0767. The van der Waals surface area contributed by atoms with E-state index in [4.69, 9.17) is 9.47 Å². The van der Waals surface area contributed by atoms with E-state index in [1.807, 2.05) is 45.0 Å². The quantitative estimate of drug-likeness (QED) is 0.582. The fourth-order valence-corrected chi connectivity index (χ4v) is 2.48. The molecule has 0 aliphatic carbocycles. The number of aryl methyl sites for hydroxylation is 1. The molecule has 1 atom stereocenters. The van der Waals surface area contributed by atoms with Crippen LogP contribution < -0.4 is 20.1 Å². The van der Waals surface area contributed by atoms with Crippen LogP contribution in [0.4, 0.5) is 17.5 Å². The summed E-state index contributed by atoms with van der Waals surface area (Å²) in [5, 5.41) is 16.3. The van der Waals surface area contributed by atoms with E-state index in [9.17, 15) is 5.11 Å². The highest BCUT2D eigenvalue weighted by atomic mass is 16.5. The van der Waals surface area contributed by atoms with Crippen LogP contribution in [0.5, 0.6) is 11.5 Å². The minimum Gasteiger partial charge on any atom is -0.493 e. The van der Waals surface area contributed by atoms with Gasteiger partial charge in [0.15, 0.2) is 11.5 Å². The van der Waals surface area contributed by atoms with Gasteiger partial charge in [-0.3, -0.25) is 0 Å². The second-order valence-corrected chi connectivity index (χ2v) is 6.28. The fraction of sp³-hybridized carbons (Fsp3) is 0.474. The Balaban J connectivity index is 2.11. The van der Waals surface area contributed by atoms with Crippen LogP contribution in [0.25, 0.3) is 0 Å². The summed E-state index contributed by atoms with van der Waals surface area (Å²) in [5.41, 5.74) is 1.61. The molecule has 0 amide bonds. The number of nitrogens with one attached hydrogen (secondary N) is 2. The van der Waals surface area contributed by atoms with Crippen LogP contribution in [0.1, 0.15) is 12.6 Å². The molecule has 0 spiro atoms. The Labute approximate surface area is 160 Å². The number of rotatable bonds is 10. The Morgan fingerprint density at radius 2 is 2.00 bits per heavy atom. The van der Waals surface area contributed by atoms with Crippen LogP contribution in [-0.4, -0.2) is 67.0 Å². The molecule has 0 bridgehead atoms. The molecule has 3 N–H and O–H groups in total. The van der Waals surface area contributed by atoms with Gasteiger partial charge in [-0.05, 0) is 32.6 Å². The molecule has 0 saturated carbocycles. The molecule has 0 saturated heterocycles. The predicted octanol–water partition coefficient (Wildman–Crippen LogP) is 2.27. The van der Waals surface area contributed by atoms with Gasteiger partial charge in [-0.1, -0.05) is 6.92 Å². The number of aliphatic hydroxyl groups excluding tert-OH is 1. The Morgan fingerprint density at radius 3 is 2.67 bits per heavy atom. The van der Waals surface area contributed by atoms with Crippen molar-refractivity contribution in [2.45, 2.75) is 20.0 Å². The maximum absolute atomic E-state index is 10.1. The van der Waals surface area contributed by atoms with Crippen molar-refractivity contribution in [3.8, 4) is 11.5 Å². The Morgan fingerprint density at radius 1 is 1.22 bits per heavy atom. The van der Waals surface area contributed by atoms with Gasteiger partial charge in [-0.25, -0.2) is 4.98 Å². The van der Waals surface area contributed by atoms with Gasteiger partial charge < -0.3 is 30.1 Å². The van der Waals surface area contributed by atoms with Crippen LogP contribution in [0.15, 0.2) is 24.3 Å². The van der Waals surface area contributed by atoms with Crippen molar-refractivity contribution in [2.24, 2.45) is 0 Å². The van der Waals surface area contributed by atoms with Gasteiger partial charge >= 0.3 is 0 Å². The molecule has 0 fully saturated rings. The van der Waals surface area contributed by atoms with Crippen LogP contribution in [0.3, 0.4) is 0 Å². The monoisotopic (exact) mass is 375 g/mol. The second-order valence-electron chi connectivity index (χ2n) is 6.28. The van der Waals surface area contributed by atoms with Crippen molar-refractivity contribution >= 4 is 17.5 Å². The Kier molecular flexibility index (Phi) is 7.63. The average molecular weight is 375 g/mol. The molecule has 2 aromatic rings. The third kappa shape index (κ3) is 6.26. The molecule has 0 aliphatic rings.